The van der Waals surface area contributed by atoms with E-state index in [1.807, 2.05) is 37.3 Å². The second kappa shape index (κ2) is 7.31. The van der Waals surface area contributed by atoms with Gasteiger partial charge >= 0.3 is 0 Å². The fourth-order valence-corrected chi connectivity index (χ4v) is 3.24. The van der Waals surface area contributed by atoms with Crippen LogP contribution in [0.4, 0.5) is 5.69 Å². The van der Waals surface area contributed by atoms with Crippen LogP contribution in [0.25, 0.3) is 5.69 Å². The van der Waals surface area contributed by atoms with Crippen LogP contribution in [0.5, 0.6) is 5.75 Å². The fraction of sp³-hybridized carbons (Fsp3) is 0.188. The standard InChI is InChI=1S/C16H15N5O3S/c1-11(12-6-5-7-13(10-12)21(22)23)25-16-17-18-19-20(16)14-8-3-4-9-15(14)24-2/h3-11H,1-2H3. The summed E-state index contributed by atoms with van der Waals surface area (Å²) in [4.78, 5) is 10.5. The predicted molar refractivity (Wildman–Crippen MR) is 93.1 cm³/mol. The van der Waals surface area contributed by atoms with Gasteiger partial charge in [0, 0.05) is 17.4 Å². The first kappa shape index (κ1) is 16.9. The summed E-state index contributed by atoms with van der Waals surface area (Å²) in [5.74, 6) is 0.652. The molecule has 0 radical (unpaired) electrons. The first-order valence-corrected chi connectivity index (χ1v) is 8.31. The third kappa shape index (κ3) is 3.61. The zero-order chi connectivity index (χ0) is 17.8. The molecule has 0 saturated carbocycles. The number of tetrazole rings is 1. The Morgan fingerprint density at radius 3 is 2.80 bits per heavy atom. The number of thioether (sulfide) groups is 1. The molecule has 25 heavy (non-hydrogen) atoms. The molecule has 0 aliphatic rings. The van der Waals surface area contributed by atoms with Crippen molar-refractivity contribution in [1.82, 2.24) is 20.2 Å². The van der Waals surface area contributed by atoms with E-state index in [-0.39, 0.29) is 10.9 Å². The summed E-state index contributed by atoms with van der Waals surface area (Å²) < 4.78 is 6.95. The van der Waals surface area contributed by atoms with Crippen LogP contribution in [0.2, 0.25) is 0 Å². The normalized spacial score (nSPS) is 11.9. The van der Waals surface area contributed by atoms with Crippen LogP contribution in [0, 0.1) is 10.1 Å². The van der Waals surface area contributed by atoms with Crippen molar-refractivity contribution in [1.29, 1.82) is 0 Å². The van der Waals surface area contributed by atoms with Gasteiger partial charge in [-0.2, -0.15) is 4.68 Å². The van der Waals surface area contributed by atoms with Gasteiger partial charge in [0.15, 0.2) is 0 Å². The lowest BCUT2D eigenvalue weighted by molar-refractivity contribution is -0.384. The molecule has 0 N–H and O–H groups in total. The van der Waals surface area contributed by atoms with Crippen molar-refractivity contribution in [2.24, 2.45) is 0 Å². The number of ether oxygens (including phenoxy) is 1. The third-order valence-electron chi connectivity index (χ3n) is 3.59. The average Bonchev–Trinajstić information content (AvgIpc) is 3.09. The van der Waals surface area contributed by atoms with Gasteiger partial charge in [-0.15, -0.1) is 5.10 Å². The average molecular weight is 357 g/mol. The second-order valence-corrected chi connectivity index (χ2v) is 6.47. The second-order valence-electron chi connectivity index (χ2n) is 5.16. The lowest BCUT2D eigenvalue weighted by Crippen LogP contribution is -2.02. The number of non-ortho nitro benzene ring substituents is 1. The molecule has 0 amide bonds. The number of nitro groups is 1. The van der Waals surface area contributed by atoms with Crippen molar-refractivity contribution < 1.29 is 9.66 Å². The van der Waals surface area contributed by atoms with Crippen molar-refractivity contribution in [3.63, 3.8) is 0 Å². The highest BCUT2D eigenvalue weighted by Gasteiger charge is 2.18. The molecule has 2 aromatic carbocycles. The Morgan fingerprint density at radius 2 is 2.04 bits per heavy atom. The summed E-state index contributed by atoms with van der Waals surface area (Å²) >= 11 is 1.41. The molecule has 0 fully saturated rings. The highest BCUT2D eigenvalue weighted by Crippen LogP contribution is 2.36. The predicted octanol–water partition coefficient (Wildman–Crippen LogP) is 3.43. The molecule has 0 saturated heterocycles. The third-order valence-corrected chi connectivity index (χ3v) is 4.68. The first-order chi connectivity index (χ1) is 12.1. The highest BCUT2D eigenvalue weighted by molar-refractivity contribution is 7.99. The molecular formula is C16H15N5O3S. The van der Waals surface area contributed by atoms with Crippen LogP contribution in [-0.2, 0) is 0 Å². The molecule has 0 bridgehead atoms. The first-order valence-electron chi connectivity index (χ1n) is 7.43. The zero-order valence-corrected chi connectivity index (χ0v) is 14.4. The van der Waals surface area contributed by atoms with Crippen LogP contribution in [0.3, 0.4) is 0 Å². The summed E-state index contributed by atoms with van der Waals surface area (Å²) in [7, 11) is 1.59. The van der Waals surface area contributed by atoms with Crippen LogP contribution in [-0.4, -0.2) is 32.2 Å². The van der Waals surface area contributed by atoms with Gasteiger partial charge in [-0.05, 0) is 35.0 Å². The van der Waals surface area contributed by atoms with Crippen molar-refractivity contribution in [2.75, 3.05) is 7.11 Å². The van der Waals surface area contributed by atoms with E-state index in [4.69, 9.17) is 4.74 Å². The van der Waals surface area contributed by atoms with Crippen LogP contribution >= 0.6 is 11.8 Å². The van der Waals surface area contributed by atoms with Gasteiger partial charge in [0.25, 0.3) is 5.69 Å². The van der Waals surface area contributed by atoms with E-state index in [0.29, 0.717) is 10.9 Å². The minimum absolute atomic E-state index is 0.0641. The van der Waals surface area contributed by atoms with Crippen LogP contribution in [0.1, 0.15) is 17.7 Å². The van der Waals surface area contributed by atoms with Crippen LogP contribution < -0.4 is 4.74 Å². The maximum absolute atomic E-state index is 11.0. The lowest BCUT2D eigenvalue weighted by atomic mass is 10.1. The van der Waals surface area contributed by atoms with E-state index >= 15 is 0 Å². The van der Waals surface area contributed by atoms with E-state index in [9.17, 15) is 10.1 Å². The minimum Gasteiger partial charge on any atom is -0.494 e. The van der Waals surface area contributed by atoms with E-state index in [0.717, 1.165) is 11.3 Å². The number of benzene rings is 2. The lowest BCUT2D eigenvalue weighted by Gasteiger charge is -2.12. The Morgan fingerprint density at radius 1 is 1.24 bits per heavy atom. The molecule has 128 valence electrons. The van der Waals surface area contributed by atoms with Crippen molar-refractivity contribution >= 4 is 17.4 Å². The number of para-hydroxylation sites is 2. The summed E-state index contributed by atoms with van der Waals surface area (Å²) in [6.45, 7) is 1.95. The largest absolute Gasteiger partial charge is 0.494 e. The van der Waals surface area contributed by atoms with E-state index in [2.05, 4.69) is 15.5 Å². The molecular weight excluding hydrogens is 342 g/mol. The van der Waals surface area contributed by atoms with E-state index < -0.39 is 4.92 Å². The van der Waals surface area contributed by atoms with E-state index in [1.54, 1.807) is 23.9 Å². The number of nitro benzene ring substituents is 1. The zero-order valence-electron chi connectivity index (χ0n) is 13.6. The Kier molecular flexibility index (Phi) is 4.94. The molecule has 0 aliphatic carbocycles. The molecule has 1 unspecified atom stereocenters. The number of hydrogen-bond donors (Lipinski definition) is 0. The summed E-state index contributed by atoms with van der Waals surface area (Å²) in [5, 5.41) is 23.3. The van der Waals surface area contributed by atoms with Crippen molar-refractivity contribution in [2.45, 2.75) is 17.3 Å². The summed E-state index contributed by atoms with van der Waals surface area (Å²) in [6.07, 6.45) is 0. The number of methoxy groups -OCH3 is 1. The maximum Gasteiger partial charge on any atom is 0.269 e. The number of rotatable bonds is 6. The SMILES string of the molecule is COc1ccccc1-n1nnnc1SC(C)c1cccc([N+](=O)[O-])c1. The Balaban J connectivity index is 1.89. The molecule has 8 nitrogen and oxygen atoms in total. The number of hydrogen-bond acceptors (Lipinski definition) is 7. The van der Waals surface area contributed by atoms with E-state index in [1.165, 1.54) is 17.8 Å². The maximum atomic E-state index is 11.0. The number of nitrogens with zero attached hydrogens (tertiary/aromatic N) is 5. The fourth-order valence-electron chi connectivity index (χ4n) is 2.33. The molecule has 1 aromatic heterocycles. The van der Waals surface area contributed by atoms with Crippen molar-refractivity contribution in [3.8, 4) is 11.4 Å². The molecule has 0 spiro atoms. The monoisotopic (exact) mass is 357 g/mol. The smallest absolute Gasteiger partial charge is 0.269 e. The molecule has 0 aliphatic heterocycles. The number of aromatic nitrogens is 4. The molecule has 1 atom stereocenters. The Hall–Kier alpha value is -2.94. The highest BCUT2D eigenvalue weighted by atomic mass is 32.2. The molecule has 9 heteroatoms. The van der Waals surface area contributed by atoms with Gasteiger partial charge in [0.05, 0.1) is 12.0 Å². The van der Waals surface area contributed by atoms with Gasteiger partial charge in [0.2, 0.25) is 5.16 Å². The molecule has 3 aromatic rings. The summed E-state index contributed by atoms with van der Waals surface area (Å²) in [6, 6.07) is 14.0. The molecule has 1 heterocycles. The van der Waals surface area contributed by atoms with Gasteiger partial charge in [0.1, 0.15) is 11.4 Å². The minimum atomic E-state index is -0.403. The quantitative estimate of drug-likeness (QED) is 0.379. The van der Waals surface area contributed by atoms with Crippen molar-refractivity contribution in [3.05, 3.63) is 64.2 Å². The Bertz CT molecular complexity index is 899. The van der Waals surface area contributed by atoms with Gasteiger partial charge in [-0.3, -0.25) is 10.1 Å². The van der Waals surface area contributed by atoms with Gasteiger partial charge < -0.3 is 4.74 Å². The van der Waals surface area contributed by atoms with Gasteiger partial charge in [-0.1, -0.05) is 36.0 Å². The molecule has 3 rings (SSSR count). The van der Waals surface area contributed by atoms with Gasteiger partial charge in [-0.25, -0.2) is 0 Å². The Labute approximate surface area is 148 Å². The topological polar surface area (TPSA) is 96.0 Å². The summed E-state index contributed by atoms with van der Waals surface area (Å²) in [5.41, 5.74) is 1.62. The van der Waals surface area contributed by atoms with Crippen LogP contribution in [0.15, 0.2) is 53.7 Å².